The van der Waals surface area contributed by atoms with Gasteiger partial charge in [0.1, 0.15) is 5.82 Å². The van der Waals surface area contributed by atoms with Gasteiger partial charge in [0.25, 0.3) is 0 Å². The molecule has 1 aliphatic rings. The van der Waals surface area contributed by atoms with Crippen LogP contribution in [-0.4, -0.2) is 6.04 Å². The van der Waals surface area contributed by atoms with Gasteiger partial charge in [-0.25, -0.2) is 4.39 Å². The Labute approximate surface area is 97.1 Å². The Hall–Kier alpha value is -0.890. The second-order valence-corrected chi connectivity index (χ2v) is 5.06. The highest BCUT2D eigenvalue weighted by Gasteiger charge is 2.22. The number of nitrogens with one attached hydrogen (secondary N) is 1. The van der Waals surface area contributed by atoms with Crippen LogP contribution in [0.4, 0.5) is 4.39 Å². The van der Waals surface area contributed by atoms with E-state index in [-0.39, 0.29) is 11.9 Å². The summed E-state index contributed by atoms with van der Waals surface area (Å²) in [7, 11) is 0. The fourth-order valence-electron chi connectivity index (χ4n) is 2.58. The fourth-order valence-corrected chi connectivity index (χ4v) is 2.58. The second kappa shape index (κ2) is 4.96. The molecule has 1 N–H and O–H groups in total. The van der Waals surface area contributed by atoms with E-state index in [1.165, 1.54) is 25.3 Å². The van der Waals surface area contributed by atoms with Crippen LogP contribution in [0, 0.1) is 11.7 Å². The molecular formula is C14H20FN. The Kier molecular flexibility index (Phi) is 3.59. The predicted octanol–water partition coefficient (Wildman–Crippen LogP) is 3.66. The van der Waals surface area contributed by atoms with Crippen molar-refractivity contribution in [1.82, 2.24) is 5.32 Å². The highest BCUT2D eigenvalue weighted by molar-refractivity contribution is 5.19. The van der Waals surface area contributed by atoms with Crippen LogP contribution in [0.1, 0.15) is 44.7 Å². The first kappa shape index (κ1) is 11.6. The molecule has 0 amide bonds. The minimum absolute atomic E-state index is 0.147. The summed E-state index contributed by atoms with van der Waals surface area (Å²) < 4.78 is 13.1. The normalized spacial score (nSPS) is 26.9. The lowest BCUT2D eigenvalue weighted by atomic mass is 10.1. The van der Waals surface area contributed by atoms with Crippen molar-refractivity contribution >= 4 is 0 Å². The van der Waals surface area contributed by atoms with Crippen LogP contribution >= 0.6 is 0 Å². The maximum Gasteiger partial charge on any atom is 0.123 e. The van der Waals surface area contributed by atoms with E-state index in [0.717, 1.165) is 11.5 Å². The van der Waals surface area contributed by atoms with E-state index in [1.807, 2.05) is 6.07 Å². The molecule has 2 rings (SSSR count). The molecule has 0 heterocycles. The summed E-state index contributed by atoms with van der Waals surface area (Å²) in [5.41, 5.74) is 1.04. The molecule has 1 nitrogen and oxygen atoms in total. The minimum Gasteiger partial charge on any atom is -0.307 e. The molecule has 0 saturated heterocycles. The molecule has 3 atom stereocenters. The fraction of sp³-hybridized carbons (Fsp3) is 0.571. The van der Waals surface area contributed by atoms with Crippen LogP contribution in [0.25, 0.3) is 0 Å². The van der Waals surface area contributed by atoms with Crippen LogP contribution in [0.5, 0.6) is 0 Å². The molecule has 0 radical (unpaired) electrons. The van der Waals surface area contributed by atoms with Crippen molar-refractivity contribution in [2.24, 2.45) is 5.92 Å². The molecule has 1 aliphatic carbocycles. The molecule has 0 spiro atoms. The maximum atomic E-state index is 13.1. The Balaban J connectivity index is 1.95. The molecule has 88 valence electrons. The molecule has 0 aliphatic heterocycles. The van der Waals surface area contributed by atoms with Crippen LogP contribution in [0.3, 0.4) is 0 Å². The second-order valence-electron chi connectivity index (χ2n) is 5.06. The largest absolute Gasteiger partial charge is 0.307 e. The van der Waals surface area contributed by atoms with Gasteiger partial charge in [-0.3, -0.25) is 0 Å². The van der Waals surface area contributed by atoms with E-state index in [0.29, 0.717) is 6.04 Å². The Morgan fingerprint density at radius 2 is 2.19 bits per heavy atom. The summed E-state index contributed by atoms with van der Waals surface area (Å²) in [6.45, 7) is 4.41. The Morgan fingerprint density at radius 1 is 1.38 bits per heavy atom. The molecule has 1 aromatic carbocycles. The smallest absolute Gasteiger partial charge is 0.123 e. The van der Waals surface area contributed by atoms with Gasteiger partial charge >= 0.3 is 0 Å². The van der Waals surface area contributed by atoms with Crippen molar-refractivity contribution in [3.63, 3.8) is 0 Å². The number of halogens is 1. The van der Waals surface area contributed by atoms with Gasteiger partial charge in [0.05, 0.1) is 0 Å². The third-order valence-electron chi connectivity index (χ3n) is 3.53. The molecule has 2 heteroatoms. The average molecular weight is 221 g/mol. The number of hydrogen-bond acceptors (Lipinski definition) is 1. The van der Waals surface area contributed by atoms with Crippen LogP contribution < -0.4 is 5.32 Å². The molecule has 2 unspecified atom stereocenters. The van der Waals surface area contributed by atoms with Gasteiger partial charge in [0.2, 0.25) is 0 Å². The lowest BCUT2D eigenvalue weighted by Crippen LogP contribution is -2.29. The number of benzene rings is 1. The lowest BCUT2D eigenvalue weighted by Gasteiger charge is -2.19. The zero-order valence-corrected chi connectivity index (χ0v) is 10.0. The van der Waals surface area contributed by atoms with Crippen molar-refractivity contribution < 1.29 is 4.39 Å². The topological polar surface area (TPSA) is 12.0 Å². The van der Waals surface area contributed by atoms with Crippen LogP contribution in [-0.2, 0) is 0 Å². The van der Waals surface area contributed by atoms with Gasteiger partial charge in [-0.15, -0.1) is 0 Å². The molecule has 1 aromatic rings. The molecule has 16 heavy (non-hydrogen) atoms. The maximum absolute atomic E-state index is 13.1. The minimum atomic E-state index is -0.147. The van der Waals surface area contributed by atoms with Crippen LogP contribution in [0.2, 0.25) is 0 Å². The third kappa shape index (κ3) is 2.82. The number of rotatable bonds is 3. The van der Waals surface area contributed by atoms with Crippen molar-refractivity contribution in [1.29, 1.82) is 0 Å². The van der Waals surface area contributed by atoms with E-state index < -0.39 is 0 Å². The summed E-state index contributed by atoms with van der Waals surface area (Å²) in [5.74, 6) is 0.683. The van der Waals surface area contributed by atoms with Crippen molar-refractivity contribution in [2.45, 2.75) is 45.2 Å². The van der Waals surface area contributed by atoms with Crippen LogP contribution in [0.15, 0.2) is 24.3 Å². The Morgan fingerprint density at radius 3 is 2.81 bits per heavy atom. The monoisotopic (exact) mass is 221 g/mol. The van der Waals surface area contributed by atoms with E-state index in [9.17, 15) is 4.39 Å². The predicted molar refractivity (Wildman–Crippen MR) is 64.8 cm³/mol. The van der Waals surface area contributed by atoms with E-state index in [1.54, 1.807) is 12.1 Å². The van der Waals surface area contributed by atoms with Crippen molar-refractivity contribution in [2.75, 3.05) is 0 Å². The third-order valence-corrected chi connectivity index (χ3v) is 3.53. The Bertz CT molecular complexity index is 350. The molecule has 0 bridgehead atoms. The lowest BCUT2D eigenvalue weighted by molar-refractivity contribution is 0.448. The van der Waals surface area contributed by atoms with Gasteiger partial charge in [-0.1, -0.05) is 19.1 Å². The summed E-state index contributed by atoms with van der Waals surface area (Å²) in [6.07, 6.45) is 3.81. The van der Waals surface area contributed by atoms with Gasteiger partial charge in [0, 0.05) is 12.1 Å². The van der Waals surface area contributed by atoms with Gasteiger partial charge in [-0.05, 0) is 49.8 Å². The van der Waals surface area contributed by atoms with Crippen molar-refractivity contribution in [3.8, 4) is 0 Å². The SMILES string of the molecule is CC1CCC(N[C@H](C)c2cccc(F)c2)C1. The van der Waals surface area contributed by atoms with Gasteiger partial charge in [-0.2, -0.15) is 0 Å². The zero-order valence-electron chi connectivity index (χ0n) is 10.0. The first-order chi connectivity index (χ1) is 7.65. The summed E-state index contributed by atoms with van der Waals surface area (Å²) >= 11 is 0. The van der Waals surface area contributed by atoms with E-state index in [4.69, 9.17) is 0 Å². The molecular weight excluding hydrogens is 201 g/mol. The van der Waals surface area contributed by atoms with E-state index in [2.05, 4.69) is 19.2 Å². The summed E-state index contributed by atoms with van der Waals surface area (Å²) in [5, 5.41) is 3.59. The van der Waals surface area contributed by atoms with Gasteiger partial charge < -0.3 is 5.32 Å². The quantitative estimate of drug-likeness (QED) is 0.821. The highest BCUT2D eigenvalue weighted by Crippen LogP contribution is 2.26. The number of hydrogen-bond donors (Lipinski definition) is 1. The molecule has 1 saturated carbocycles. The van der Waals surface area contributed by atoms with E-state index >= 15 is 0 Å². The summed E-state index contributed by atoms with van der Waals surface area (Å²) in [4.78, 5) is 0. The highest BCUT2D eigenvalue weighted by atomic mass is 19.1. The molecule has 0 aromatic heterocycles. The molecule has 1 fully saturated rings. The standard InChI is InChI=1S/C14H20FN/c1-10-6-7-14(8-10)16-11(2)12-4-3-5-13(15)9-12/h3-5,9-11,14,16H,6-8H2,1-2H3/t10?,11-,14?/m1/s1. The average Bonchev–Trinajstić information content (AvgIpc) is 2.64. The van der Waals surface area contributed by atoms with Gasteiger partial charge in [0.15, 0.2) is 0 Å². The summed E-state index contributed by atoms with van der Waals surface area (Å²) in [6, 6.07) is 7.72. The first-order valence-electron chi connectivity index (χ1n) is 6.16. The first-order valence-corrected chi connectivity index (χ1v) is 6.16. The zero-order chi connectivity index (χ0) is 11.5. The van der Waals surface area contributed by atoms with Crippen molar-refractivity contribution in [3.05, 3.63) is 35.6 Å².